The summed E-state index contributed by atoms with van der Waals surface area (Å²) in [4.78, 5) is 28.6. The molecule has 1 saturated carbocycles. The second-order valence-electron chi connectivity index (χ2n) is 10.2. The van der Waals surface area contributed by atoms with Crippen molar-refractivity contribution in [3.63, 3.8) is 0 Å². The molecule has 3 nitrogen and oxygen atoms in total. The highest BCUT2D eigenvalue weighted by atomic mass is 16.2. The molecule has 0 aromatic heterocycles. The smallest absolute Gasteiger partial charge is 0.149 e. The molecule has 1 aromatic carbocycles. The molecular weight excluding hydrogens is 334 g/mol. The van der Waals surface area contributed by atoms with E-state index >= 15 is 0 Å². The van der Waals surface area contributed by atoms with Crippen LogP contribution in [-0.2, 0) is 21.4 Å². The third-order valence-electron chi connectivity index (χ3n) is 8.86. The van der Waals surface area contributed by atoms with Gasteiger partial charge < -0.3 is 4.90 Å². The van der Waals surface area contributed by atoms with Gasteiger partial charge in [0.2, 0.25) is 0 Å². The molecule has 2 bridgehead atoms. The average Bonchev–Trinajstić information content (AvgIpc) is 2.58. The summed E-state index contributed by atoms with van der Waals surface area (Å²) in [5.41, 5.74) is 4.65. The van der Waals surface area contributed by atoms with E-state index in [0.29, 0.717) is 12.5 Å². The number of likely N-dealkylation sites (tertiary alicyclic amines) is 1. The maximum atomic E-state index is 13.6. The Kier molecular flexibility index (Phi) is 3.86. The van der Waals surface area contributed by atoms with Crippen molar-refractivity contribution in [3.8, 4) is 0 Å². The van der Waals surface area contributed by atoms with Crippen LogP contribution in [0.3, 0.4) is 0 Å². The number of hydrogen-bond acceptors (Lipinski definition) is 3. The number of rotatable bonds is 1. The van der Waals surface area contributed by atoms with Gasteiger partial charge in [-0.3, -0.25) is 9.59 Å². The molecule has 0 spiro atoms. The quantitative estimate of drug-likeness (QED) is 0.704. The number of Topliss-reactive ketones (excluding diaryl/α,β-unsaturated/α-hetero) is 2. The number of aryl methyl sites for hydroxylation is 1. The van der Waals surface area contributed by atoms with Gasteiger partial charge in [-0.15, -0.1) is 0 Å². The normalized spacial score (nSPS) is 37.5. The molecule has 4 atom stereocenters. The first-order valence-electron chi connectivity index (χ1n) is 10.3. The molecule has 1 aliphatic heterocycles. The fourth-order valence-corrected chi connectivity index (χ4v) is 7.33. The number of likely N-dealkylation sites (N-methyl/N-ethyl adjacent to an activating group) is 1. The van der Waals surface area contributed by atoms with E-state index in [1.165, 1.54) is 22.3 Å². The predicted octanol–water partition coefficient (Wildman–Crippen LogP) is 4.01. The zero-order chi connectivity index (χ0) is 19.9. The second kappa shape index (κ2) is 5.53. The van der Waals surface area contributed by atoms with Crippen LogP contribution in [0.4, 0.5) is 0 Å². The number of carbonyl (C=O) groups excluding carboxylic acids is 2. The lowest BCUT2D eigenvalue weighted by atomic mass is 9.35. The first-order valence-corrected chi connectivity index (χ1v) is 10.3. The molecule has 0 amide bonds. The first kappa shape index (κ1) is 18.9. The number of ketones is 2. The predicted molar refractivity (Wildman–Crippen MR) is 108 cm³/mol. The monoisotopic (exact) mass is 367 g/mol. The summed E-state index contributed by atoms with van der Waals surface area (Å²) in [6.45, 7) is 13.7. The van der Waals surface area contributed by atoms with Gasteiger partial charge in [0.15, 0.2) is 0 Å². The van der Waals surface area contributed by atoms with Gasteiger partial charge in [-0.25, -0.2) is 0 Å². The van der Waals surface area contributed by atoms with Crippen molar-refractivity contribution in [3.05, 3.63) is 34.4 Å². The molecule has 146 valence electrons. The van der Waals surface area contributed by atoms with E-state index in [9.17, 15) is 9.59 Å². The SMILES string of the molecule is CC(=O)C1C[C@@]2(C)C3Cc4ccc(C)c(C)c4[C@@]2(CCN3C)C(C)(C)C1=O. The molecule has 3 heteroatoms. The first-order chi connectivity index (χ1) is 12.5. The van der Waals surface area contributed by atoms with Crippen molar-refractivity contribution >= 4 is 11.6 Å². The molecular formula is C24H33NO2. The Labute approximate surface area is 163 Å². The van der Waals surface area contributed by atoms with Gasteiger partial charge in [-0.1, -0.05) is 32.9 Å². The molecule has 4 rings (SSSR count). The molecule has 0 N–H and O–H groups in total. The van der Waals surface area contributed by atoms with Gasteiger partial charge in [0.05, 0.1) is 5.92 Å². The second-order valence-corrected chi connectivity index (χ2v) is 10.2. The third kappa shape index (κ3) is 2.02. The minimum absolute atomic E-state index is 0.0386. The molecule has 1 heterocycles. The van der Waals surface area contributed by atoms with E-state index < -0.39 is 11.3 Å². The number of nitrogens with zero attached hydrogens (tertiary/aromatic N) is 1. The van der Waals surface area contributed by atoms with Crippen LogP contribution in [0.5, 0.6) is 0 Å². The highest BCUT2D eigenvalue weighted by Gasteiger charge is 2.71. The molecule has 2 unspecified atom stereocenters. The number of piperidine rings is 1. The number of benzene rings is 1. The summed E-state index contributed by atoms with van der Waals surface area (Å²) < 4.78 is 0. The van der Waals surface area contributed by atoms with Crippen molar-refractivity contribution in [1.82, 2.24) is 4.90 Å². The van der Waals surface area contributed by atoms with Crippen molar-refractivity contribution in [2.75, 3.05) is 13.6 Å². The van der Waals surface area contributed by atoms with E-state index in [1.807, 2.05) is 0 Å². The molecule has 1 aromatic rings. The van der Waals surface area contributed by atoms with E-state index in [0.717, 1.165) is 19.4 Å². The topological polar surface area (TPSA) is 37.4 Å². The lowest BCUT2D eigenvalue weighted by Gasteiger charge is -2.70. The minimum atomic E-state index is -0.552. The number of hydrogen-bond donors (Lipinski definition) is 0. The van der Waals surface area contributed by atoms with Crippen LogP contribution in [-0.4, -0.2) is 36.1 Å². The molecule has 1 saturated heterocycles. The summed E-state index contributed by atoms with van der Waals surface area (Å²) >= 11 is 0. The summed E-state index contributed by atoms with van der Waals surface area (Å²) in [7, 11) is 2.22. The Bertz CT molecular complexity index is 854. The number of fused-ring (bicyclic) bond motifs is 1. The van der Waals surface area contributed by atoms with Gasteiger partial charge in [0, 0.05) is 16.9 Å². The zero-order valence-corrected chi connectivity index (χ0v) is 17.9. The van der Waals surface area contributed by atoms with Crippen LogP contribution >= 0.6 is 0 Å². The Morgan fingerprint density at radius 2 is 1.85 bits per heavy atom. The molecule has 0 radical (unpaired) electrons. The molecule has 2 aliphatic carbocycles. The van der Waals surface area contributed by atoms with E-state index in [-0.39, 0.29) is 22.4 Å². The Morgan fingerprint density at radius 3 is 2.48 bits per heavy atom. The van der Waals surface area contributed by atoms with Crippen LogP contribution in [0, 0.1) is 30.6 Å². The van der Waals surface area contributed by atoms with Gasteiger partial charge >= 0.3 is 0 Å². The lowest BCUT2D eigenvalue weighted by Crippen LogP contribution is -2.74. The van der Waals surface area contributed by atoms with Gasteiger partial charge in [0.1, 0.15) is 11.6 Å². The summed E-state index contributed by atoms with van der Waals surface area (Å²) in [5, 5.41) is 0. The van der Waals surface area contributed by atoms with Crippen LogP contribution in [0.2, 0.25) is 0 Å². The van der Waals surface area contributed by atoms with Crippen molar-refractivity contribution < 1.29 is 9.59 Å². The summed E-state index contributed by atoms with van der Waals surface area (Å²) in [6.07, 6.45) is 2.68. The van der Waals surface area contributed by atoms with Crippen LogP contribution in [0.1, 0.15) is 62.8 Å². The van der Waals surface area contributed by atoms with Gasteiger partial charge in [0.25, 0.3) is 0 Å². The third-order valence-corrected chi connectivity index (χ3v) is 8.86. The van der Waals surface area contributed by atoms with E-state index in [1.54, 1.807) is 6.92 Å². The van der Waals surface area contributed by atoms with Gasteiger partial charge in [-0.2, -0.15) is 0 Å². The fraction of sp³-hybridized carbons (Fsp3) is 0.667. The van der Waals surface area contributed by atoms with Crippen molar-refractivity contribution in [2.45, 2.75) is 72.3 Å². The molecule has 27 heavy (non-hydrogen) atoms. The summed E-state index contributed by atoms with van der Waals surface area (Å²) in [6, 6.07) is 4.90. The highest BCUT2D eigenvalue weighted by molar-refractivity contribution is 6.05. The molecule has 3 aliphatic rings. The Hall–Kier alpha value is -1.48. The molecule has 2 fully saturated rings. The van der Waals surface area contributed by atoms with Gasteiger partial charge in [-0.05, 0) is 81.3 Å². The fourth-order valence-electron chi connectivity index (χ4n) is 7.33. The Morgan fingerprint density at radius 1 is 1.19 bits per heavy atom. The lowest BCUT2D eigenvalue weighted by molar-refractivity contribution is -0.174. The standard InChI is InChI=1S/C24H33NO2/c1-14-8-9-17-12-19-23(6)13-18(16(3)26)21(27)22(4,5)24(23,10-11-25(19)7)20(17)15(14)2/h8-9,18-19H,10-13H2,1-7H3/t18?,19?,23-,24-/m0/s1. The maximum absolute atomic E-state index is 13.6. The van der Waals surface area contributed by atoms with Crippen LogP contribution < -0.4 is 0 Å². The van der Waals surface area contributed by atoms with E-state index in [2.05, 4.69) is 58.7 Å². The Balaban J connectivity index is 2.09. The van der Waals surface area contributed by atoms with Crippen molar-refractivity contribution in [2.24, 2.45) is 16.7 Å². The number of carbonyl (C=O) groups is 2. The summed E-state index contributed by atoms with van der Waals surface area (Å²) in [5.74, 6) is -0.264. The van der Waals surface area contributed by atoms with Crippen molar-refractivity contribution in [1.29, 1.82) is 0 Å². The largest absolute Gasteiger partial charge is 0.302 e. The van der Waals surface area contributed by atoms with Crippen LogP contribution in [0.25, 0.3) is 0 Å². The zero-order valence-electron chi connectivity index (χ0n) is 17.9. The highest BCUT2D eigenvalue weighted by Crippen LogP contribution is 2.69. The minimum Gasteiger partial charge on any atom is -0.302 e. The average molecular weight is 368 g/mol. The maximum Gasteiger partial charge on any atom is 0.149 e. The van der Waals surface area contributed by atoms with E-state index in [4.69, 9.17) is 0 Å². The van der Waals surface area contributed by atoms with Crippen LogP contribution in [0.15, 0.2) is 12.1 Å².